The normalized spacial score (nSPS) is 34.9. The van der Waals surface area contributed by atoms with Crippen molar-refractivity contribution in [2.24, 2.45) is 0 Å². The molecule has 2 aliphatic heterocycles. The van der Waals surface area contributed by atoms with Crippen LogP contribution in [-0.4, -0.2) is 62.4 Å². The van der Waals surface area contributed by atoms with Crippen LogP contribution in [0.2, 0.25) is 0 Å². The van der Waals surface area contributed by atoms with Gasteiger partial charge in [-0.15, -0.1) is 0 Å². The van der Waals surface area contributed by atoms with Crippen molar-refractivity contribution in [1.82, 2.24) is 15.2 Å². The zero-order valence-electron chi connectivity index (χ0n) is 19.5. The second-order valence-corrected chi connectivity index (χ2v) is 11.2. The standard InChI is InChI=1S/C28H29N3O4/c32-21-6-3-16-14-22-28(34)9-7-19(30-26(33)17-2-1-15-8-11-29-20(15)13-17)25-27(28,23(16)24(21)35-25)10-12-31(22)18-4-5-18/h1-3,6,8,11,13,18-19,22,25,29,32,34H,4-5,7,9-10,12,14H2,(H,30,33)/t19-,22-,25?,27+,28-/m1/s1. The van der Waals surface area contributed by atoms with Crippen LogP contribution >= 0.6 is 0 Å². The highest BCUT2D eigenvalue weighted by Crippen LogP contribution is 2.66. The van der Waals surface area contributed by atoms with Gasteiger partial charge in [-0.05, 0) is 80.3 Å². The Hall–Kier alpha value is -3.03. The Kier molecular flexibility index (Phi) is 3.80. The molecule has 3 aromatic rings. The van der Waals surface area contributed by atoms with E-state index in [4.69, 9.17) is 4.74 Å². The fourth-order valence-electron chi connectivity index (χ4n) is 8.01. The maximum atomic E-state index is 13.4. The molecule has 180 valence electrons. The summed E-state index contributed by atoms with van der Waals surface area (Å²) < 4.78 is 6.54. The van der Waals surface area contributed by atoms with Crippen molar-refractivity contribution in [1.29, 1.82) is 0 Å². The highest BCUT2D eigenvalue weighted by atomic mass is 16.5. The van der Waals surface area contributed by atoms with E-state index in [0.717, 1.165) is 35.9 Å². The van der Waals surface area contributed by atoms with Crippen LogP contribution in [0, 0.1) is 0 Å². The van der Waals surface area contributed by atoms with Crippen molar-refractivity contribution in [2.75, 3.05) is 6.54 Å². The minimum atomic E-state index is -0.936. The van der Waals surface area contributed by atoms with Gasteiger partial charge in [0.15, 0.2) is 11.5 Å². The van der Waals surface area contributed by atoms with Crippen molar-refractivity contribution in [2.45, 2.75) is 73.8 Å². The van der Waals surface area contributed by atoms with Gasteiger partial charge in [-0.25, -0.2) is 0 Å². The number of piperidine rings is 1. The largest absolute Gasteiger partial charge is 0.504 e. The maximum Gasteiger partial charge on any atom is 0.251 e. The number of nitrogens with one attached hydrogen (secondary N) is 2. The van der Waals surface area contributed by atoms with Gasteiger partial charge in [0, 0.05) is 34.9 Å². The number of benzene rings is 2. The van der Waals surface area contributed by atoms with Gasteiger partial charge in [0.1, 0.15) is 6.10 Å². The molecule has 1 saturated heterocycles. The Morgan fingerprint density at radius 1 is 1.14 bits per heavy atom. The number of fused-ring (bicyclic) bond motifs is 1. The molecule has 1 amide bonds. The van der Waals surface area contributed by atoms with Gasteiger partial charge in [0.2, 0.25) is 0 Å². The topological polar surface area (TPSA) is 97.8 Å². The Bertz CT molecular complexity index is 1400. The lowest BCUT2D eigenvalue weighted by Gasteiger charge is -2.64. The summed E-state index contributed by atoms with van der Waals surface area (Å²) in [6.07, 6.45) is 6.66. The third kappa shape index (κ3) is 2.45. The average Bonchev–Trinajstić information content (AvgIpc) is 3.46. The first kappa shape index (κ1) is 20.2. The molecule has 3 aliphatic carbocycles. The third-order valence-electron chi connectivity index (χ3n) is 9.65. The molecule has 8 rings (SSSR count). The first-order chi connectivity index (χ1) is 17.0. The van der Waals surface area contributed by atoms with E-state index in [1.165, 1.54) is 18.4 Å². The van der Waals surface area contributed by atoms with E-state index in [9.17, 15) is 15.0 Å². The molecule has 3 heterocycles. The number of carbonyl (C=O) groups excluding carboxylic acids is 1. The monoisotopic (exact) mass is 471 g/mol. The van der Waals surface area contributed by atoms with E-state index in [2.05, 4.69) is 15.2 Å². The molecule has 7 heteroatoms. The summed E-state index contributed by atoms with van der Waals surface area (Å²) in [5.74, 6) is 0.499. The van der Waals surface area contributed by atoms with Crippen LogP contribution in [0.3, 0.4) is 0 Å². The zero-order valence-corrected chi connectivity index (χ0v) is 19.5. The molecule has 4 N–H and O–H groups in total. The third-order valence-corrected chi connectivity index (χ3v) is 9.65. The van der Waals surface area contributed by atoms with E-state index < -0.39 is 17.1 Å². The molecular formula is C28H29N3O4. The average molecular weight is 472 g/mol. The summed E-state index contributed by atoms with van der Waals surface area (Å²) in [4.78, 5) is 19.1. The highest BCUT2D eigenvalue weighted by molar-refractivity contribution is 5.98. The summed E-state index contributed by atoms with van der Waals surface area (Å²) in [5, 5.41) is 27.6. The van der Waals surface area contributed by atoms with Crippen LogP contribution in [0.4, 0.5) is 0 Å². The number of hydrogen-bond acceptors (Lipinski definition) is 5. The molecule has 2 saturated carbocycles. The van der Waals surface area contributed by atoms with Gasteiger partial charge in [-0.3, -0.25) is 9.69 Å². The SMILES string of the molecule is O=C(N[C@@H]1CC[C@@]2(O)[C@H]3Cc4ccc(O)c5c4[C@@]2(CCN3C2CC2)C1O5)c1ccc2cc[nH]c2c1. The van der Waals surface area contributed by atoms with Crippen LogP contribution in [0.1, 0.15) is 53.6 Å². The lowest BCUT2D eigenvalue weighted by molar-refractivity contribution is -0.192. The fourth-order valence-corrected chi connectivity index (χ4v) is 8.01. The van der Waals surface area contributed by atoms with E-state index in [1.807, 2.05) is 36.5 Å². The molecule has 1 aromatic heterocycles. The minimum absolute atomic E-state index is 0.0461. The lowest BCUT2D eigenvalue weighted by atomic mass is 9.48. The summed E-state index contributed by atoms with van der Waals surface area (Å²) >= 11 is 0. The maximum absolute atomic E-state index is 13.4. The molecule has 0 radical (unpaired) electrons. The predicted molar refractivity (Wildman–Crippen MR) is 130 cm³/mol. The van der Waals surface area contributed by atoms with Crippen molar-refractivity contribution in [3.05, 3.63) is 59.3 Å². The molecule has 2 aromatic carbocycles. The number of hydrogen-bond donors (Lipinski definition) is 4. The lowest BCUT2D eigenvalue weighted by Crippen LogP contribution is -2.78. The minimum Gasteiger partial charge on any atom is -0.504 e. The quantitative estimate of drug-likeness (QED) is 0.471. The molecule has 5 aliphatic rings. The second-order valence-electron chi connectivity index (χ2n) is 11.2. The van der Waals surface area contributed by atoms with Crippen LogP contribution in [0.15, 0.2) is 42.6 Å². The van der Waals surface area contributed by atoms with Crippen LogP contribution in [0.5, 0.6) is 11.5 Å². The molecule has 1 spiro atoms. The van der Waals surface area contributed by atoms with Crippen molar-refractivity contribution in [3.8, 4) is 11.5 Å². The van der Waals surface area contributed by atoms with E-state index in [1.54, 1.807) is 6.07 Å². The number of aromatic amines is 1. The van der Waals surface area contributed by atoms with Crippen molar-refractivity contribution >= 4 is 16.8 Å². The molecule has 7 nitrogen and oxygen atoms in total. The van der Waals surface area contributed by atoms with E-state index in [0.29, 0.717) is 30.2 Å². The number of H-pyrrole nitrogens is 1. The molecule has 35 heavy (non-hydrogen) atoms. The first-order valence-corrected chi connectivity index (χ1v) is 12.9. The van der Waals surface area contributed by atoms with Crippen molar-refractivity contribution in [3.63, 3.8) is 0 Å². The number of carbonyl (C=O) groups is 1. The number of aliphatic hydroxyl groups is 1. The van der Waals surface area contributed by atoms with Gasteiger partial charge in [-0.2, -0.15) is 0 Å². The van der Waals surface area contributed by atoms with Crippen LogP contribution in [0.25, 0.3) is 10.9 Å². The number of rotatable bonds is 3. The molecular weight excluding hydrogens is 442 g/mol. The Labute approximate surface area is 203 Å². The number of phenolic OH excluding ortho intramolecular Hbond substituents is 1. The molecule has 1 unspecified atom stereocenters. The smallest absolute Gasteiger partial charge is 0.251 e. The van der Waals surface area contributed by atoms with Gasteiger partial charge >= 0.3 is 0 Å². The summed E-state index contributed by atoms with van der Waals surface area (Å²) in [6.45, 7) is 0.913. The van der Waals surface area contributed by atoms with Crippen LogP contribution in [-0.2, 0) is 11.8 Å². The van der Waals surface area contributed by atoms with Gasteiger partial charge in [0.25, 0.3) is 5.91 Å². The molecule has 5 atom stereocenters. The summed E-state index contributed by atoms with van der Waals surface area (Å²) in [5.41, 5.74) is 2.13. The summed E-state index contributed by atoms with van der Waals surface area (Å²) in [7, 11) is 0. The molecule has 2 bridgehead atoms. The number of ether oxygens (including phenoxy) is 1. The number of amides is 1. The number of phenols is 1. The molecule has 3 fully saturated rings. The van der Waals surface area contributed by atoms with Gasteiger partial charge < -0.3 is 25.3 Å². The number of nitrogens with zero attached hydrogens (tertiary/aromatic N) is 1. The highest BCUT2D eigenvalue weighted by Gasteiger charge is 2.73. The predicted octanol–water partition coefficient (Wildman–Crippen LogP) is 2.99. The first-order valence-electron chi connectivity index (χ1n) is 12.9. The van der Waals surface area contributed by atoms with Gasteiger partial charge in [0.05, 0.1) is 17.1 Å². The van der Waals surface area contributed by atoms with Crippen LogP contribution < -0.4 is 10.1 Å². The Morgan fingerprint density at radius 2 is 2.03 bits per heavy atom. The second kappa shape index (κ2) is 6.59. The Balaban J connectivity index is 1.20. The van der Waals surface area contributed by atoms with E-state index >= 15 is 0 Å². The zero-order chi connectivity index (χ0) is 23.5. The number of aromatic nitrogens is 1. The number of likely N-dealkylation sites (tertiary alicyclic amines) is 1. The Morgan fingerprint density at radius 3 is 2.89 bits per heavy atom. The van der Waals surface area contributed by atoms with Gasteiger partial charge in [-0.1, -0.05) is 12.1 Å². The number of aromatic hydroxyl groups is 1. The fraction of sp³-hybridized carbons (Fsp3) is 0.464. The van der Waals surface area contributed by atoms with Crippen molar-refractivity contribution < 1.29 is 19.7 Å². The summed E-state index contributed by atoms with van der Waals surface area (Å²) in [6, 6.07) is 11.8. The van der Waals surface area contributed by atoms with E-state index in [-0.39, 0.29) is 23.7 Å².